The third-order valence-electron chi connectivity index (χ3n) is 4.15. The average molecular weight is 347 g/mol. The van der Waals surface area contributed by atoms with Gasteiger partial charge in [-0.1, -0.05) is 20.8 Å². The number of rotatable bonds is 4. The van der Waals surface area contributed by atoms with E-state index >= 15 is 0 Å². The average Bonchev–Trinajstić information content (AvgIpc) is 3.09. The molecule has 3 rings (SSSR count). The predicted molar refractivity (Wildman–Crippen MR) is 100 cm³/mol. The van der Waals surface area contributed by atoms with E-state index in [4.69, 9.17) is 9.72 Å². The molecule has 24 heavy (non-hydrogen) atoms. The first-order chi connectivity index (χ1) is 11.5. The molecule has 1 saturated heterocycles. The lowest BCUT2D eigenvalue weighted by atomic mass is 9.95. The van der Waals surface area contributed by atoms with E-state index < -0.39 is 0 Å². The molecule has 0 aliphatic carbocycles. The molecule has 0 unspecified atom stereocenters. The normalized spacial score (nSPS) is 15.8. The summed E-state index contributed by atoms with van der Waals surface area (Å²) in [6.07, 6.45) is 0. The first-order valence-electron chi connectivity index (χ1n) is 8.38. The van der Waals surface area contributed by atoms with Crippen LogP contribution in [0.4, 0.5) is 10.8 Å². The Labute approximate surface area is 148 Å². The van der Waals surface area contributed by atoms with Gasteiger partial charge in [0.25, 0.3) is 0 Å². The van der Waals surface area contributed by atoms with Crippen LogP contribution in [0.5, 0.6) is 0 Å². The molecule has 0 radical (unpaired) electrons. The zero-order valence-corrected chi connectivity index (χ0v) is 15.8. The Morgan fingerprint density at radius 1 is 1.12 bits per heavy atom. The summed E-state index contributed by atoms with van der Waals surface area (Å²) in [6.45, 7) is 11.0. The van der Waals surface area contributed by atoms with Crippen molar-refractivity contribution in [2.24, 2.45) is 0 Å². The highest BCUT2D eigenvalue weighted by atomic mass is 32.1. The van der Waals surface area contributed by atoms with E-state index in [2.05, 4.69) is 59.1 Å². The lowest BCUT2D eigenvalue weighted by molar-refractivity contribution is 0.181. The third-order valence-corrected chi connectivity index (χ3v) is 5.08. The SMILES string of the molecule is COCc1cc(N2CCN(c3cccs3)CC2)nc(C(C)(C)C)n1. The van der Waals surface area contributed by atoms with Crippen LogP contribution in [0.25, 0.3) is 0 Å². The molecule has 0 aromatic carbocycles. The van der Waals surface area contributed by atoms with Crippen LogP contribution in [0.3, 0.4) is 0 Å². The van der Waals surface area contributed by atoms with Gasteiger partial charge in [0.05, 0.1) is 17.3 Å². The minimum atomic E-state index is -0.0721. The lowest BCUT2D eigenvalue weighted by Crippen LogP contribution is -2.46. The molecule has 0 atom stereocenters. The molecule has 0 amide bonds. The van der Waals surface area contributed by atoms with Crippen molar-refractivity contribution in [1.82, 2.24) is 9.97 Å². The first kappa shape index (κ1) is 17.2. The minimum Gasteiger partial charge on any atom is -0.378 e. The molecule has 2 aromatic heterocycles. The standard InChI is InChI=1S/C18H26N4OS/c1-18(2,3)17-19-14(13-23-4)12-15(20-17)21-7-9-22(10-8-21)16-6-5-11-24-16/h5-6,11-12H,7-10,13H2,1-4H3. The van der Waals surface area contributed by atoms with Crippen molar-refractivity contribution in [1.29, 1.82) is 0 Å². The Morgan fingerprint density at radius 3 is 2.42 bits per heavy atom. The predicted octanol–water partition coefficient (Wildman–Crippen LogP) is 3.31. The quantitative estimate of drug-likeness (QED) is 0.849. The number of hydrogen-bond acceptors (Lipinski definition) is 6. The number of hydrogen-bond donors (Lipinski definition) is 0. The number of methoxy groups -OCH3 is 1. The van der Waals surface area contributed by atoms with Gasteiger partial charge < -0.3 is 14.5 Å². The van der Waals surface area contributed by atoms with Crippen LogP contribution >= 0.6 is 11.3 Å². The van der Waals surface area contributed by atoms with Crippen molar-refractivity contribution in [3.63, 3.8) is 0 Å². The largest absolute Gasteiger partial charge is 0.378 e. The topological polar surface area (TPSA) is 41.5 Å². The summed E-state index contributed by atoms with van der Waals surface area (Å²) in [5.74, 6) is 1.90. The molecule has 0 spiro atoms. The zero-order chi connectivity index (χ0) is 17.2. The van der Waals surface area contributed by atoms with E-state index in [1.165, 1.54) is 5.00 Å². The number of nitrogens with zero attached hydrogens (tertiary/aromatic N) is 4. The highest BCUT2D eigenvalue weighted by Gasteiger charge is 2.23. The number of piperazine rings is 1. The van der Waals surface area contributed by atoms with Crippen molar-refractivity contribution in [2.75, 3.05) is 43.1 Å². The minimum absolute atomic E-state index is 0.0721. The van der Waals surface area contributed by atoms with Crippen LogP contribution in [0, 0.1) is 0 Å². The second-order valence-corrected chi connectivity index (χ2v) is 8.08. The number of thiophene rings is 1. The zero-order valence-electron chi connectivity index (χ0n) is 15.0. The molecule has 5 nitrogen and oxygen atoms in total. The van der Waals surface area contributed by atoms with Crippen LogP contribution < -0.4 is 9.80 Å². The van der Waals surface area contributed by atoms with Gasteiger partial charge in [0.2, 0.25) is 0 Å². The Kier molecular flexibility index (Phi) is 5.06. The fraction of sp³-hybridized carbons (Fsp3) is 0.556. The van der Waals surface area contributed by atoms with Gasteiger partial charge in [0.15, 0.2) is 0 Å². The Bertz CT molecular complexity index is 658. The number of anilines is 2. The highest BCUT2D eigenvalue weighted by molar-refractivity contribution is 7.14. The van der Waals surface area contributed by atoms with Gasteiger partial charge in [0.1, 0.15) is 11.6 Å². The van der Waals surface area contributed by atoms with E-state index in [-0.39, 0.29) is 5.41 Å². The monoisotopic (exact) mass is 346 g/mol. The molecular weight excluding hydrogens is 320 g/mol. The maximum absolute atomic E-state index is 5.29. The second kappa shape index (κ2) is 7.07. The van der Waals surface area contributed by atoms with Crippen LogP contribution in [-0.4, -0.2) is 43.3 Å². The molecule has 0 N–H and O–H groups in total. The fourth-order valence-electron chi connectivity index (χ4n) is 2.81. The molecular formula is C18H26N4OS. The summed E-state index contributed by atoms with van der Waals surface area (Å²) in [5, 5.41) is 3.49. The third kappa shape index (κ3) is 3.87. The van der Waals surface area contributed by atoms with Gasteiger partial charge >= 0.3 is 0 Å². The van der Waals surface area contributed by atoms with Gasteiger partial charge in [-0.25, -0.2) is 9.97 Å². The maximum atomic E-state index is 5.29. The Hall–Kier alpha value is -1.66. The van der Waals surface area contributed by atoms with E-state index in [1.54, 1.807) is 18.4 Å². The van der Waals surface area contributed by atoms with Crippen LogP contribution in [0.1, 0.15) is 32.3 Å². The number of aromatic nitrogens is 2. The Morgan fingerprint density at radius 2 is 1.83 bits per heavy atom. The van der Waals surface area contributed by atoms with Crippen molar-refractivity contribution >= 4 is 22.2 Å². The van der Waals surface area contributed by atoms with Gasteiger partial charge in [-0.05, 0) is 17.5 Å². The van der Waals surface area contributed by atoms with Crippen LogP contribution in [0.15, 0.2) is 23.6 Å². The summed E-state index contributed by atoms with van der Waals surface area (Å²) in [5.41, 5.74) is 0.880. The Balaban J connectivity index is 1.78. The van der Waals surface area contributed by atoms with E-state index in [0.29, 0.717) is 6.61 Å². The molecule has 130 valence electrons. The van der Waals surface area contributed by atoms with Crippen molar-refractivity contribution in [3.8, 4) is 0 Å². The fourth-order valence-corrected chi connectivity index (χ4v) is 3.59. The van der Waals surface area contributed by atoms with Crippen LogP contribution in [0.2, 0.25) is 0 Å². The first-order valence-corrected chi connectivity index (χ1v) is 9.26. The summed E-state index contributed by atoms with van der Waals surface area (Å²) in [6, 6.07) is 6.38. The van der Waals surface area contributed by atoms with E-state index in [1.807, 2.05) is 0 Å². The molecule has 1 aliphatic rings. The van der Waals surface area contributed by atoms with Gasteiger partial charge in [-0.15, -0.1) is 11.3 Å². The summed E-state index contributed by atoms with van der Waals surface area (Å²) in [7, 11) is 1.71. The summed E-state index contributed by atoms with van der Waals surface area (Å²) >= 11 is 1.81. The maximum Gasteiger partial charge on any atom is 0.136 e. The number of ether oxygens (including phenoxy) is 1. The van der Waals surface area contributed by atoms with Crippen molar-refractivity contribution in [3.05, 3.63) is 35.1 Å². The molecule has 3 heterocycles. The molecule has 1 aliphatic heterocycles. The van der Waals surface area contributed by atoms with Gasteiger partial charge in [-0.2, -0.15) is 0 Å². The van der Waals surface area contributed by atoms with E-state index in [9.17, 15) is 0 Å². The molecule has 0 saturated carbocycles. The molecule has 2 aromatic rings. The van der Waals surface area contributed by atoms with Gasteiger partial charge in [0, 0.05) is 44.8 Å². The van der Waals surface area contributed by atoms with Crippen molar-refractivity contribution < 1.29 is 4.74 Å². The van der Waals surface area contributed by atoms with E-state index in [0.717, 1.165) is 43.5 Å². The second-order valence-electron chi connectivity index (χ2n) is 7.15. The molecule has 6 heteroatoms. The summed E-state index contributed by atoms with van der Waals surface area (Å²) < 4.78 is 5.29. The van der Waals surface area contributed by atoms with Gasteiger partial charge in [-0.3, -0.25) is 0 Å². The van der Waals surface area contributed by atoms with Crippen molar-refractivity contribution in [2.45, 2.75) is 32.8 Å². The highest BCUT2D eigenvalue weighted by Crippen LogP contribution is 2.26. The lowest BCUT2D eigenvalue weighted by Gasteiger charge is -2.36. The summed E-state index contributed by atoms with van der Waals surface area (Å²) in [4.78, 5) is 14.3. The molecule has 0 bridgehead atoms. The smallest absolute Gasteiger partial charge is 0.136 e. The molecule has 1 fully saturated rings. The van der Waals surface area contributed by atoms with Crippen LogP contribution in [-0.2, 0) is 16.8 Å².